The Morgan fingerprint density at radius 1 is 1.50 bits per heavy atom. The lowest BCUT2D eigenvalue weighted by atomic mass is 10.1. The molecule has 0 radical (unpaired) electrons. The van der Waals surface area contributed by atoms with E-state index in [1.54, 1.807) is 13.2 Å². The van der Waals surface area contributed by atoms with Gasteiger partial charge in [0.25, 0.3) is 0 Å². The summed E-state index contributed by atoms with van der Waals surface area (Å²) in [5, 5.41) is 0.664. The summed E-state index contributed by atoms with van der Waals surface area (Å²) in [4.78, 5) is 0. The minimum absolute atomic E-state index is 0.197. The number of ether oxygens (including phenoxy) is 1. The third kappa shape index (κ3) is 1.64. The van der Waals surface area contributed by atoms with Gasteiger partial charge < -0.3 is 10.5 Å². The second-order valence-corrected chi connectivity index (χ2v) is 4.86. The predicted molar refractivity (Wildman–Crippen MR) is 60.8 cm³/mol. The number of rotatable bonds is 2. The molecule has 76 valence electrons. The van der Waals surface area contributed by atoms with Gasteiger partial charge in [-0.2, -0.15) is 0 Å². The molecule has 0 aliphatic heterocycles. The van der Waals surface area contributed by atoms with E-state index >= 15 is 0 Å². The summed E-state index contributed by atoms with van der Waals surface area (Å²) >= 11 is 9.47. The number of benzene rings is 1. The molecule has 0 heterocycles. The van der Waals surface area contributed by atoms with Gasteiger partial charge >= 0.3 is 0 Å². The van der Waals surface area contributed by atoms with Crippen LogP contribution in [0.25, 0.3) is 0 Å². The first kappa shape index (κ1) is 10.3. The highest BCUT2D eigenvalue weighted by atomic mass is 79.9. The van der Waals surface area contributed by atoms with Crippen LogP contribution in [0.15, 0.2) is 16.6 Å². The normalized spacial score (nSPS) is 18.0. The van der Waals surface area contributed by atoms with Crippen LogP contribution in [0.2, 0.25) is 5.02 Å². The van der Waals surface area contributed by atoms with Crippen LogP contribution < -0.4 is 10.5 Å². The van der Waals surface area contributed by atoms with Crippen molar-refractivity contribution in [3.8, 4) is 5.75 Å². The van der Waals surface area contributed by atoms with Gasteiger partial charge in [0.2, 0.25) is 0 Å². The second kappa shape index (κ2) is 3.40. The zero-order chi connectivity index (χ0) is 10.3. The summed E-state index contributed by atoms with van der Waals surface area (Å²) in [6, 6.07) is 3.68. The van der Waals surface area contributed by atoms with Crippen molar-refractivity contribution in [1.82, 2.24) is 0 Å². The van der Waals surface area contributed by atoms with Gasteiger partial charge in [0.1, 0.15) is 5.75 Å². The predicted octanol–water partition coefficient (Wildman–Crippen LogP) is 3.06. The summed E-state index contributed by atoms with van der Waals surface area (Å²) in [6.07, 6.45) is 2.02. The van der Waals surface area contributed by atoms with E-state index in [4.69, 9.17) is 22.1 Å². The second-order valence-electron chi connectivity index (χ2n) is 3.63. The van der Waals surface area contributed by atoms with E-state index in [-0.39, 0.29) is 5.54 Å². The molecule has 1 aromatic rings. The third-order valence-electron chi connectivity index (χ3n) is 2.55. The van der Waals surface area contributed by atoms with Crippen molar-refractivity contribution in [2.24, 2.45) is 5.73 Å². The summed E-state index contributed by atoms with van der Waals surface area (Å²) in [5.74, 6) is 0.740. The first-order valence-electron chi connectivity index (χ1n) is 4.39. The van der Waals surface area contributed by atoms with Gasteiger partial charge in [-0.15, -0.1) is 0 Å². The van der Waals surface area contributed by atoms with Crippen molar-refractivity contribution in [2.75, 3.05) is 7.11 Å². The standard InChI is InChI=1S/C10H11BrClNO/c1-14-8-5-6(12)4-7(9(8)11)10(13)2-3-10/h4-5H,2-3,13H2,1H3. The molecule has 2 N–H and O–H groups in total. The van der Waals surface area contributed by atoms with Gasteiger partial charge in [-0.05, 0) is 46.5 Å². The first-order valence-corrected chi connectivity index (χ1v) is 5.56. The fourth-order valence-corrected chi connectivity index (χ4v) is 2.47. The Morgan fingerprint density at radius 2 is 2.14 bits per heavy atom. The van der Waals surface area contributed by atoms with E-state index in [0.29, 0.717) is 5.02 Å². The molecule has 1 aliphatic rings. The number of hydrogen-bond donors (Lipinski definition) is 1. The number of nitrogens with two attached hydrogens (primary N) is 1. The van der Waals surface area contributed by atoms with Gasteiger partial charge in [-0.3, -0.25) is 0 Å². The minimum atomic E-state index is -0.197. The van der Waals surface area contributed by atoms with Crippen molar-refractivity contribution in [1.29, 1.82) is 0 Å². The van der Waals surface area contributed by atoms with Crippen LogP contribution in [0.5, 0.6) is 5.75 Å². The SMILES string of the molecule is COc1cc(Cl)cc(C2(N)CC2)c1Br. The van der Waals surface area contributed by atoms with Crippen molar-refractivity contribution < 1.29 is 4.74 Å². The number of halogens is 2. The van der Waals surface area contributed by atoms with Crippen LogP contribution in [-0.4, -0.2) is 7.11 Å². The molecule has 0 spiro atoms. The summed E-state index contributed by atoms with van der Waals surface area (Å²) in [5.41, 5.74) is 6.96. The maximum atomic E-state index is 6.12. The molecule has 1 aromatic carbocycles. The van der Waals surface area contributed by atoms with Crippen molar-refractivity contribution in [3.63, 3.8) is 0 Å². The molecule has 0 aromatic heterocycles. The van der Waals surface area contributed by atoms with E-state index in [2.05, 4.69) is 15.9 Å². The molecule has 0 atom stereocenters. The molecule has 2 rings (SSSR count). The van der Waals surface area contributed by atoms with Crippen LogP contribution in [-0.2, 0) is 5.54 Å². The van der Waals surface area contributed by atoms with E-state index in [1.165, 1.54) is 0 Å². The maximum Gasteiger partial charge on any atom is 0.134 e. The topological polar surface area (TPSA) is 35.2 Å². The van der Waals surface area contributed by atoms with Crippen molar-refractivity contribution in [3.05, 3.63) is 27.2 Å². The monoisotopic (exact) mass is 275 g/mol. The molecule has 14 heavy (non-hydrogen) atoms. The summed E-state index contributed by atoms with van der Waals surface area (Å²) in [7, 11) is 1.62. The molecule has 2 nitrogen and oxygen atoms in total. The van der Waals surface area contributed by atoms with Gasteiger partial charge in [-0.25, -0.2) is 0 Å². The highest BCUT2D eigenvalue weighted by molar-refractivity contribution is 9.10. The quantitative estimate of drug-likeness (QED) is 0.901. The van der Waals surface area contributed by atoms with E-state index < -0.39 is 0 Å². The molecule has 0 amide bonds. The Balaban J connectivity index is 2.54. The van der Waals surface area contributed by atoms with E-state index in [9.17, 15) is 0 Å². The molecule has 1 fully saturated rings. The highest BCUT2D eigenvalue weighted by Gasteiger charge is 2.42. The summed E-state index contributed by atoms with van der Waals surface area (Å²) < 4.78 is 6.12. The van der Waals surface area contributed by atoms with Crippen LogP contribution in [0.1, 0.15) is 18.4 Å². The lowest BCUT2D eigenvalue weighted by molar-refractivity contribution is 0.410. The largest absolute Gasteiger partial charge is 0.496 e. The lowest BCUT2D eigenvalue weighted by Gasteiger charge is -2.14. The fourth-order valence-electron chi connectivity index (χ4n) is 1.48. The Kier molecular flexibility index (Phi) is 2.50. The molecule has 0 unspecified atom stereocenters. The Bertz CT molecular complexity index is 377. The average Bonchev–Trinajstić information content (AvgIpc) is 2.88. The van der Waals surface area contributed by atoms with Gasteiger partial charge in [0.05, 0.1) is 11.6 Å². The van der Waals surface area contributed by atoms with Crippen molar-refractivity contribution in [2.45, 2.75) is 18.4 Å². The van der Waals surface area contributed by atoms with Crippen LogP contribution in [0.4, 0.5) is 0 Å². The zero-order valence-corrected chi connectivity index (χ0v) is 10.2. The average molecular weight is 277 g/mol. The molecule has 1 saturated carbocycles. The molecular weight excluding hydrogens is 265 g/mol. The molecule has 1 aliphatic carbocycles. The maximum absolute atomic E-state index is 6.12. The summed E-state index contributed by atoms with van der Waals surface area (Å²) in [6.45, 7) is 0. The fraction of sp³-hybridized carbons (Fsp3) is 0.400. The van der Waals surface area contributed by atoms with Gasteiger partial charge in [-0.1, -0.05) is 11.6 Å². The molecule has 0 bridgehead atoms. The van der Waals surface area contributed by atoms with Gasteiger partial charge in [0.15, 0.2) is 0 Å². The molecule has 0 saturated heterocycles. The number of methoxy groups -OCH3 is 1. The Hall–Kier alpha value is -0.250. The van der Waals surface area contributed by atoms with E-state index in [1.807, 2.05) is 6.07 Å². The smallest absolute Gasteiger partial charge is 0.134 e. The van der Waals surface area contributed by atoms with Crippen LogP contribution >= 0.6 is 27.5 Å². The van der Waals surface area contributed by atoms with Crippen LogP contribution in [0, 0.1) is 0 Å². The highest BCUT2D eigenvalue weighted by Crippen LogP contribution is 2.48. The minimum Gasteiger partial charge on any atom is -0.496 e. The van der Waals surface area contributed by atoms with Crippen LogP contribution in [0.3, 0.4) is 0 Å². The third-order valence-corrected chi connectivity index (χ3v) is 3.59. The van der Waals surface area contributed by atoms with Gasteiger partial charge in [0, 0.05) is 10.6 Å². The van der Waals surface area contributed by atoms with E-state index in [0.717, 1.165) is 28.6 Å². The zero-order valence-electron chi connectivity index (χ0n) is 7.81. The van der Waals surface area contributed by atoms with Crippen molar-refractivity contribution >= 4 is 27.5 Å². The number of hydrogen-bond acceptors (Lipinski definition) is 2. The lowest BCUT2D eigenvalue weighted by Crippen LogP contribution is -2.19. The Morgan fingerprint density at radius 3 is 2.64 bits per heavy atom. The molecule has 4 heteroatoms. The Labute approximate surface area is 96.5 Å². The molecular formula is C10H11BrClNO. The first-order chi connectivity index (χ1) is 6.57.